The largest absolute Gasteiger partial charge is 0.485 e. The van der Waals surface area contributed by atoms with Gasteiger partial charge in [0.15, 0.2) is 6.61 Å². The lowest BCUT2D eigenvalue weighted by Gasteiger charge is -2.27. The molecule has 1 fully saturated rings. The molecule has 3 rings (SSSR count). The van der Waals surface area contributed by atoms with Gasteiger partial charge in [-0.15, -0.1) is 0 Å². The molecule has 23 heavy (non-hydrogen) atoms. The first-order chi connectivity index (χ1) is 11.2. The molecule has 1 heterocycles. The molecule has 2 N–H and O–H groups in total. The molecule has 1 aromatic heterocycles. The second-order valence-electron chi connectivity index (χ2n) is 5.85. The van der Waals surface area contributed by atoms with Gasteiger partial charge in [-0.2, -0.15) is 4.98 Å². The predicted octanol–water partition coefficient (Wildman–Crippen LogP) is 2.18. The maximum atomic E-state index is 12.8. The van der Waals surface area contributed by atoms with Crippen molar-refractivity contribution < 1.29 is 18.8 Å². The van der Waals surface area contributed by atoms with E-state index in [0.717, 1.165) is 25.7 Å². The number of aliphatic hydroxyl groups excluding tert-OH is 1. The standard InChI is InChI=1S/C16H20FN3O3/c17-12-3-5-13(6-4-12)22-10-14-19-15(23-20-14)9-18-16(11-21)7-1-2-8-16/h3-6,18,21H,1-2,7-11H2. The molecule has 0 bridgehead atoms. The van der Waals surface area contributed by atoms with E-state index in [0.29, 0.717) is 24.0 Å². The van der Waals surface area contributed by atoms with E-state index in [-0.39, 0.29) is 24.6 Å². The van der Waals surface area contributed by atoms with Crippen LogP contribution in [0.1, 0.15) is 37.4 Å². The minimum Gasteiger partial charge on any atom is -0.485 e. The summed E-state index contributed by atoms with van der Waals surface area (Å²) < 4.78 is 23.4. The van der Waals surface area contributed by atoms with Crippen LogP contribution in [0.15, 0.2) is 28.8 Å². The van der Waals surface area contributed by atoms with Crippen LogP contribution in [-0.4, -0.2) is 27.4 Å². The third-order valence-corrected chi connectivity index (χ3v) is 4.17. The molecule has 1 aromatic carbocycles. The Balaban J connectivity index is 1.50. The Morgan fingerprint density at radius 3 is 2.70 bits per heavy atom. The van der Waals surface area contributed by atoms with E-state index in [1.807, 2.05) is 0 Å². The molecular weight excluding hydrogens is 301 g/mol. The van der Waals surface area contributed by atoms with Crippen LogP contribution < -0.4 is 10.1 Å². The number of ether oxygens (including phenoxy) is 1. The van der Waals surface area contributed by atoms with Gasteiger partial charge in [0.2, 0.25) is 11.7 Å². The van der Waals surface area contributed by atoms with Crippen LogP contribution in [0.5, 0.6) is 5.75 Å². The zero-order valence-corrected chi connectivity index (χ0v) is 12.8. The van der Waals surface area contributed by atoms with Crippen LogP contribution in [0.3, 0.4) is 0 Å². The van der Waals surface area contributed by atoms with Gasteiger partial charge in [0.25, 0.3) is 0 Å². The normalized spacial score (nSPS) is 16.6. The summed E-state index contributed by atoms with van der Waals surface area (Å²) in [5.41, 5.74) is -0.223. The molecular formula is C16H20FN3O3. The number of nitrogens with one attached hydrogen (secondary N) is 1. The Bertz CT molecular complexity index is 624. The van der Waals surface area contributed by atoms with E-state index < -0.39 is 0 Å². The molecule has 0 atom stereocenters. The number of hydrogen-bond donors (Lipinski definition) is 2. The highest BCUT2D eigenvalue weighted by Crippen LogP contribution is 2.29. The highest BCUT2D eigenvalue weighted by Gasteiger charge is 2.32. The van der Waals surface area contributed by atoms with Crippen molar-refractivity contribution in [3.8, 4) is 5.75 Å². The third kappa shape index (κ3) is 4.05. The summed E-state index contributed by atoms with van der Waals surface area (Å²) in [4.78, 5) is 4.25. The number of hydrogen-bond acceptors (Lipinski definition) is 6. The van der Waals surface area contributed by atoms with Gasteiger partial charge in [-0.25, -0.2) is 4.39 Å². The van der Waals surface area contributed by atoms with Gasteiger partial charge >= 0.3 is 0 Å². The van der Waals surface area contributed by atoms with E-state index in [1.54, 1.807) is 12.1 Å². The maximum absolute atomic E-state index is 12.8. The van der Waals surface area contributed by atoms with Crippen molar-refractivity contribution in [1.82, 2.24) is 15.5 Å². The smallest absolute Gasteiger partial charge is 0.240 e. The molecule has 6 nitrogen and oxygen atoms in total. The maximum Gasteiger partial charge on any atom is 0.240 e. The van der Waals surface area contributed by atoms with E-state index in [9.17, 15) is 9.50 Å². The van der Waals surface area contributed by atoms with E-state index in [2.05, 4.69) is 15.5 Å². The SMILES string of the molecule is OCC1(NCc2nc(COc3ccc(F)cc3)no2)CCCC1. The van der Waals surface area contributed by atoms with Crippen LogP contribution in [0.25, 0.3) is 0 Å². The summed E-state index contributed by atoms with van der Waals surface area (Å²) in [5, 5.41) is 16.7. The highest BCUT2D eigenvalue weighted by molar-refractivity contribution is 5.22. The van der Waals surface area contributed by atoms with Crippen LogP contribution >= 0.6 is 0 Å². The van der Waals surface area contributed by atoms with Gasteiger partial charge in [-0.1, -0.05) is 18.0 Å². The average Bonchev–Trinajstić information content (AvgIpc) is 3.22. The minimum absolute atomic E-state index is 0.113. The number of benzene rings is 1. The van der Waals surface area contributed by atoms with Crippen molar-refractivity contribution in [1.29, 1.82) is 0 Å². The molecule has 1 aliphatic rings. The Morgan fingerprint density at radius 1 is 1.26 bits per heavy atom. The Hall–Kier alpha value is -1.99. The molecule has 0 saturated heterocycles. The van der Waals surface area contributed by atoms with Crippen molar-refractivity contribution in [3.63, 3.8) is 0 Å². The zero-order valence-electron chi connectivity index (χ0n) is 12.8. The fourth-order valence-electron chi connectivity index (χ4n) is 2.80. The van der Waals surface area contributed by atoms with Crippen molar-refractivity contribution in [2.45, 2.75) is 44.4 Å². The molecule has 1 saturated carbocycles. The molecule has 7 heteroatoms. The monoisotopic (exact) mass is 321 g/mol. The van der Waals surface area contributed by atoms with E-state index in [1.165, 1.54) is 12.1 Å². The summed E-state index contributed by atoms with van der Waals surface area (Å²) >= 11 is 0. The fourth-order valence-corrected chi connectivity index (χ4v) is 2.80. The summed E-state index contributed by atoms with van der Waals surface area (Å²) in [6, 6.07) is 5.75. The van der Waals surface area contributed by atoms with Crippen molar-refractivity contribution in [2.75, 3.05) is 6.61 Å². The molecule has 2 aromatic rings. The zero-order chi connectivity index (χ0) is 16.1. The lowest BCUT2D eigenvalue weighted by atomic mass is 9.99. The Kier molecular flexibility index (Phi) is 4.88. The molecule has 0 aliphatic heterocycles. The lowest BCUT2D eigenvalue weighted by molar-refractivity contribution is 0.158. The topological polar surface area (TPSA) is 80.4 Å². The van der Waals surface area contributed by atoms with E-state index >= 15 is 0 Å². The summed E-state index contributed by atoms with van der Waals surface area (Å²) in [6.45, 7) is 0.687. The third-order valence-electron chi connectivity index (χ3n) is 4.17. The molecule has 0 radical (unpaired) electrons. The molecule has 0 spiro atoms. The van der Waals surface area contributed by atoms with Crippen molar-refractivity contribution in [2.24, 2.45) is 0 Å². The summed E-state index contributed by atoms with van der Waals surface area (Å²) in [6.07, 6.45) is 4.15. The van der Waals surface area contributed by atoms with Crippen LogP contribution in [-0.2, 0) is 13.2 Å². The van der Waals surface area contributed by atoms with Gasteiger partial charge in [0.05, 0.1) is 13.2 Å². The number of rotatable bonds is 7. The Morgan fingerprint density at radius 2 is 2.00 bits per heavy atom. The highest BCUT2D eigenvalue weighted by atomic mass is 19.1. The van der Waals surface area contributed by atoms with Crippen molar-refractivity contribution >= 4 is 0 Å². The Labute approximate surface area is 133 Å². The average molecular weight is 321 g/mol. The second kappa shape index (κ2) is 7.06. The molecule has 0 unspecified atom stereocenters. The first-order valence-corrected chi connectivity index (χ1v) is 7.75. The van der Waals surface area contributed by atoms with Gasteiger partial charge in [0, 0.05) is 5.54 Å². The predicted molar refractivity (Wildman–Crippen MR) is 80.2 cm³/mol. The molecule has 1 aliphatic carbocycles. The number of aliphatic hydroxyl groups is 1. The van der Waals surface area contributed by atoms with Gasteiger partial charge in [-0.05, 0) is 37.1 Å². The quantitative estimate of drug-likeness (QED) is 0.813. The number of nitrogens with zero attached hydrogens (tertiary/aromatic N) is 2. The lowest BCUT2D eigenvalue weighted by Crippen LogP contribution is -2.45. The van der Waals surface area contributed by atoms with E-state index in [4.69, 9.17) is 9.26 Å². The fraction of sp³-hybridized carbons (Fsp3) is 0.500. The van der Waals surface area contributed by atoms with Gasteiger partial charge < -0.3 is 19.7 Å². The molecule has 124 valence electrons. The summed E-state index contributed by atoms with van der Waals surface area (Å²) in [5.74, 6) is 1.12. The molecule has 0 amide bonds. The van der Waals surface area contributed by atoms with Crippen molar-refractivity contribution in [3.05, 3.63) is 41.8 Å². The minimum atomic E-state index is -0.310. The summed E-state index contributed by atoms with van der Waals surface area (Å²) in [7, 11) is 0. The number of aromatic nitrogens is 2. The van der Waals surface area contributed by atoms with Crippen LogP contribution in [0, 0.1) is 5.82 Å². The first kappa shape index (κ1) is 15.9. The first-order valence-electron chi connectivity index (χ1n) is 7.75. The number of halogens is 1. The van der Waals surface area contributed by atoms with Gasteiger partial charge in [-0.3, -0.25) is 0 Å². The van der Waals surface area contributed by atoms with Crippen LogP contribution in [0.2, 0.25) is 0 Å². The van der Waals surface area contributed by atoms with Crippen LogP contribution in [0.4, 0.5) is 4.39 Å². The van der Waals surface area contributed by atoms with Gasteiger partial charge in [0.1, 0.15) is 11.6 Å². The second-order valence-corrected chi connectivity index (χ2v) is 5.85.